The summed E-state index contributed by atoms with van der Waals surface area (Å²) in [5, 5.41) is 11.4. The molecule has 0 bridgehead atoms. The van der Waals surface area contributed by atoms with E-state index in [1.807, 2.05) is 24.3 Å². The first-order chi connectivity index (χ1) is 10.7. The van der Waals surface area contributed by atoms with Crippen LogP contribution in [0.5, 0.6) is 0 Å². The Morgan fingerprint density at radius 2 is 1.77 bits per heavy atom. The molecule has 0 aliphatic rings. The lowest BCUT2D eigenvalue weighted by Crippen LogP contribution is -2.01. The summed E-state index contributed by atoms with van der Waals surface area (Å²) < 4.78 is 1.15. The lowest BCUT2D eigenvalue weighted by molar-refractivity contribution is 0.0697. The van der Waals surface area contributed by atoms with Crippen LogP contribution >= 0.6 is 11.3 Å². The van der Waals surface area contributed by atoms with Gasteiger partial charge >= 0.3 is 5.97 Å². The maximum absolute atomic E-state index is 11.3. The predicted octanol–water partition coefficient (Wildman–Crippen LogP) is 4.21. The van der Waals surface area contributed by atoms with Crippen LogP contribution < -0.4 is 0 Å². The number of hydrogen-bond donors (Lipinski definition) is 1. The first kappa shape index (κ1) is 12.9. The molecule has 0 spiro atoms. The van der Waals surface area contributed by atoms with E-state index < -0.39 is 5.97 Å². The molecule has 0 amide bonds. The summed E-state index contributed by atoms with van der Waals surface area (Å²) in [7, 11) is 0. The topological polar surface area (TPSA) is 63.1 Å². The lowest BCUT2D eigenvalue weighted by atomic mass is 10.1. The molecular weight excluding hydrogens is 296 g/mol. The van der Waals surface area contributed by atoms with Crippen LogP contribution in [0.1, 0.15) is 10.4 Å². The van der Waals surface area contributed by atoms with Crippen molar-refractivity contribution < 1.29 is 9.90 Å². The van der Waals surface area contributed by atoms with Crippen molar-refractivity contribution in [3.05, 3.63) is 60.3 Å². The highest BCUT2D eigenvalue weighted by Crippen LogP contribution is 2.33. The molecule has 106 valence electrons. The SMILES string of the molecule is O=C(O)c1ccccc1-c1ncc2c(n1)sc1ccccc12. The summed E-state index contributed by atoms with van der Waals surface area (Å²) in [6.07, 6.45) is 1.77. The molecule has 4 aromatic rings. The number of carbonyl (C=O) groups is 1. The van der Waals surface area contributed by atoms with E-state index in [4.69, 9.17) is 0 Å². The second-order valence-corrected chi connectivity index (χ2v) is 5.89. The van der Waals surface area contributed by atoms with Gasteiger partial charge in [0.05, 0.1) is 5.56 Å². The normalized spacial score (nSPS) is 11.1. The molecule has 2 aromatic heterocycles. The van der Waals surface area contributed by atoms with E-state index in [2.05, 4.69) is 9.97 Å². The number of hydrogen-bond acceptors (Lipinski definition) is 4. The number of rotatable bonds is 2. The van der Waals surface area contributed by atoms with Crippen molar-refractivity contribution in [1.82, 2.24) is 9.97 Å². The van der Waals surface area contributed by atoms with Gasteiger partial charge < -0.3 is 5.11 Å². The molecule has 4 nitrogen and oxygen atoms in total. The number of benzene rings is 2. The monoisotopic (exact) mass is 306 g/mol. The third-order valence-corrected chi connectivity index (χ3v) is 4.62. The van der Waals surface area contributed by atoms with Gasteiger partial charge in [0.2, 0.25) is 0 Å². The number of carboxylic acids is 1. The van der Waals surface area contributed by atoms with Crippen molar-refractivity contribution in [1.29, 1.82) is 0 Å². The summed E-state index contributed by atoms with van der Waals surface area (Å²) in [5.74, 6) is -0.535. The first-order valence-electron chi connectivity index (χ1n) is 6.71. The smallest absolute Gasteiger partial charge is 0.336 e. The van der Waals surface area contributed by atoms with Crippen LogP contribution in [0.2, 0.25) is 0 Å². The fourth-order valence-corrected chi connectivity index (χ4v) is 3.55. The number of carboxylic acid groups (broad SMARTS) is 1. The Bertz CT molecular complexity index is 1020. The molecular formula is C17H10N2O2S. The molecule has 5 heteroatoms. The van der Waals surface area contributed by atoms with Gasteiger partial charge in [-0.3, -0.25) is 0 Å². The van der Waals surface area contributed by atoms with Crippen molar-refractivity contribution >= 4 is 37.6 Å². The van der Waals surface area contributed by atoms with Crippen molar-refractivity contribution in [2.24, 2.45) is 0 Å². The van der Waals surface area contributed by atoms with Crippen LogP contribution in [0.15, 0.2) is 54.7 Å². The fraction of sp³-hybridized carbons (Fsp3) is 0. The summed E-state index contributed by atoms with van der Waals surface area (Å²) in [4.78, 5) is 21.2. The maximum atomic E-state index is 11.3. The second kappa shape index (κ2) is 4.89. The van der Waals surface area contributed by atoms with Gasteiger partial charge in [0.15, 0.2) is 5.82 Å². The average Bonchev–Trinajstić information content (AvgIpc) is 2.92. The Kier molecular flexibility index (Phi) is 2.87. The van der Waals surface area contributed by atoms with Crippen molar-refractivity contribution in [3.63, 3.8) is 0 Å². The maximum Gasteiger partial charge on any atom is 0.336 e. The van der Waals surface area contributed by atoms with E-state index in [1.54, 1.807) is 41.8 Å². The van der Waals surface area contributed by atoms with E-state index in [0.717, 1.165) is 20.3 Å². The summed E-state index contributed by atoms with van der Waals surface area (Å²) >= 11 is 1.59. The molecule has 4 rings (SSSR count). The highest BCUT2D eigenvalue weighted by molar-refractivity contribution is 7.25. The van der Waals surface area contributed by atoms with Crippen LogP contribution in [0.25, 0.3) is 31.7 Å². The van der Waals surface area contributed by atoms with E-state index in [-0.39, 0.29) is 5.56 Å². The molecule has 0 aliphatic heterocycles. The van der Waals surface area contributed by atoms with E-state index in [9.17, 15) is 9.90 Å². The molecule has 22 heavy (non-hydrogen) atoms. The average molecular weight is 306 g/mol. The zero-order chi connectivity index (χ0) is 15.1. The predicted molar refractivity (Wildman–Crippen MR) is 87.3 cm³/mol. The second-order valence-electron chi connectivity index (χ2n) is 4.86. The lowest BCUT2D eigenvalue weighted by Gasteiger charge is -2.04. The van der Waals surface area contributed by atoms with Gasteiger partial charge in [0.1, 0.15) is 4.83 Å². The Balaban J connectivity index is 1.97. The van der Waals surface area contributed by atoms with Crippen LogP contribution in [-0.4, -0.2) is 21.0 Å². The summed E-state index contributed by atoms with van der Waals surface area (Å²) in [5.41, 5.74) is 0.748. The molecule has 0 aliphatic carbocycles. The van der Waals surface area contributed by atoms with Gasteiger partial charge in [0, 0.05) is 27.2 Å². The van der Waals surface area contributed by atoms with E-state index >= 15 is 0 Å². The summed E-state index contributed by atoms with van der Waals surface area (Å²) in [6.45, 7) is 0. The first-order valence-corrected chi connectivity index (χ1v) is 7.52. The quantitative estimate of drug-likeness (QED) is 0.602. The van der Waals surface area contributed by atoms with Gasteiger partial charge in [-0.05, 0) is 12.1 Å². The number of nitrogens with zero attached hydrogens (tertiary/aromatic N) is 2. The highest BCUT2D eigenvalue weighted by atomic mass is 32.1. The van der Waals surface area contributed by atoms with Gasteiger partial charge in [-0.25, -0.2) is 14.8 Å². The Labute approximate surface area is 129 Å². The highest BCUT2D eigenvalue weighted by Gasteiger charge is 2.14. The van der Waals surface area contributed by atoms with Crippen molar-refractivity contribution in [2.45, 2.75) is 0 Å². The molecule has 1 N–H and O–H groups in total. The number of thiophene rings is 1. The minimum Gasteiger partial charge on any atom is -0.478 e. The van der Waals surface area contributed by atoms with Crippen LogP contribution in [0.4, 0.5) is 0 Å². The zero-order valence-electron chi connectivity index (χ0n) is 11.4. The van der Waals surface area contributed by atoms with Crippen LogP contribution in [-0.2, 0) is 0 Å². The third-order valence-electron chi connectivity index (χ3n) is 3.54. The fourth-order valence-electron chi connectivity index (χ4n) is 2.51. The van der Waals surface area contributed by atoms with Crippen LogP contribution in [0.3, 0.4) is 0 Å². The Morgan fingerprint density at radius 3 is 2.64 bits per heavy atom. The standard InChI is InChI=1S/C17H10N2O2S/c20-17(21)12-7-2-1-6-11(12)15-18-9-13-10-5-3-4-8-14(10)22-16(13)19-15/h1-9H,(H,20,21). The summed E-state index contributed by atoms with van der Waals surface area (Å²) in [6, 6.07) is 14.9. The van der Waals surface area contributed by atoms with Gasteiger partial charge in [-0.15, -0.1) is 11.3 Å². The van der Waals surface area contributed by atoms with Crippen molar-refractivity contribution in [2.75, 3.05) is 0 Å². The molecule has 2 aromatic carbocycles. The van der Waals surface area contributed by atoms with Gasteiger partial charge in [-0.2, -0.15) is 0 Å². The number of fused-ring (bicyclic) bond motifs is 3. The van der Waals surface area contributed by atoms with Crippen LogP contribution in [0, 0.1) is 0 Å². The molecule has 0 atom stereocenters. The number of aromatic carboxylic acids is 1. The molecule has 0 saturated carbocycles. The molecule has 0 radical (unpaired) electrons. The third kappa shape index (κ3) is 1.95. The number of aromatic nitrogens is 2. The molecule has 2 heterocycles. The molecule has 0 fully saturated rings. The van der Waals surface area contributed by atoms with Gasteiger partial charge in [0.25, 0.3) is 0 Å². The minimum atomic E-state index is -0.976. The van der Waals surface area contributed by atoms with E-state index in [1.165, 1.54) is 0 Å². The zero-order valence-corrected chi connectivity index (χ0v) is 12.2. The van der Waals surface area contributed by atoms with Crippen molar-refractivity contribution in [3.8, 4) is 11.4 Å². The largest absolute Gasteiger partial charge is 0.478 e. The van der Waals surface area contributed by atoms with Gasteiger partial charge in [-0.1, -0.05) is 36.4 Å². The minimum absolute atomic E-state index is 0.211. The van der Waals surface area contributed by atoms with E-state index in [0.29, 0.717) is 11.4 Å². The molecule has 0 saturated heterocycles. The Morgan fingerprint density at radius 1 is 1.00 bits per heavy atom. The molecule has 0 unspecified atom stereocenters. The Hall–Kier alpha value is -2.79.